The van der Waals surface area contributed by atoms with Crippen LogP contribution in [0.4, 0.5) is 17.1 Å². The molecule has 9 aromatic carbocycles. The lowest BCUT2D eigenvalue weighted by atomic mass is 9.98. The van der Waals surface area contributed by atoms with Crippen LogP contribution in [0.5, 0.6) is 0 Å². The van der Waals surface area contributed by atoms with E-state index < -0.39 is 0 Å². The predicted molar refractivity (Wildman–Crippen MR) is 233 cm³/mol. The molecular formula is C52H35NS. The Morgan fingerprint density at radius 1 is 0.296 bits per heavy atom. The van der Waals surface area contributed by atoms with Gasteiger partial charge in [0.2, 0.25) is 0 Å². The van der Waals surface area contributed by atoms with Gasteiger partial charge in [0.1, 0.15) is 0 Å². The van der Waals surface area contributed by atoms with Gasteiger partial charge >= 0.3 is 0 Å². The maximum Gasteiger partial charge on any atom is 0.0467 e. The van der Waals surface area contributed by atoms with E-state index in [1.807, 2.05) is 11.3 Å². The first-order valence-corrected chi connectivity index (χ1v) is 19.2. The lowest BCUT2D eigenvalue weighted by Crippen LogP contribution is -2.10. The minimum atomic E-state index is 1.10. The molecule has 1 aromatic heterocycles. The molecule has 0 aliphatic carbocycles. The number of hydrogen-bond donors (Lipinski definition) is 0. The van der Waals surface area contributed by atoms with E-state index in [-0.39, 0.29) is 0 Å². The van der Waals surface area contributed by atoms with Gasteiger partial charge in [-0.15, -0.1) is 11.3 Å². The average Bonchev–Trinajstić information content (AvgIpc) is 3.64. The number of benzene rings is 9. The Hall–Kier alpha value is -6.74. The summed E-state index contributed by atoms with van der Waals surface area (Å²) in [6.45, 7) is 0. The highest BCUT2D eigenvalue weighted by Crippen LogP contribution is 2.42. The highest BCUT2D eigenvalue weighted by atomic mass is 32.1. The SMILES string of the molecule is c1ccc(-c2cccc(-c3cccc(N(c4ccc(-c5cccc6c5sc5ccccc56)cc4)c4cccc(-c5ccc6ccccc6c5)c4)c3)c2)cc1. The molecule has 0 aliphatic rings. The molecule has 0 aliphatic heterocycles. The number of rotatable bonds is 7. The van der Waals surface area contributed by atoms with E-state index in [9.17, 15) is 0 Å². The van der Waals surface area contributed by atoms with Gasteiger partial charge < -0.3 is 4.90 Å². The third-order valence-corrected chi connectivity index (χ3v) is 11.7. The Labute approximate surface area is 319 Å². The maximum atomic E-state index is 2.39. The Morgan fingerprint density at radius 3 is 1.59 bits per heavy atom. The van der Waals surface area contributed by atoms with Gasteiger partial charge in [0, 0.05) is 37.2 Å². The summed E-state index contributed by atoms with van der Waals surface area (Å²) in [6.07, 6.45) is 0. The van der Waals surface area contributed by atoms with E-state index in [4.69, 9.17) is 0 Å². The van der Waals surface area contributed by atoms with Crippen molar-refractivity contribution in [2.45, 2.75) is 0 Å². The van der Waals surface area contributed by atoms with Crippen LogP contribution in [0.2, 0.25) is 0 Å². The van der Waals surface area contributed by atoms with Crippen LogP contribution in [0.1, 0.15) is 0 Å². The largest absolute Gasteiger partial charge is 0.310 e. The van der Waals surface area contributed by atoms with Gasteiger partial charge in [-0.05, 0) is 110 Å². The summed E-state index contributed by atoms with van der Waals surface area (Å²) in [5.74, 6) is 0. The molecule has 0 fully saturated rings. The molecule has 0 unspecified atom stereocenters. The molecule has 0 N–H and O–H groups in total. The predicted octanol–water partition coefficient (Wildman–Crippen LogP) is 15.3. The van der Waals surface area contributed by atoms with E-state index >= 15 is 0 Å². The molecule has 10 rings (SSSR count). The summed E-state index contributed by atoms with van der Waals surface area (Å²) >= 11 is 1.88. The highest BCUT2D eigenvalue weighted by molar-refractivity contribution is 7.26. The molecule has 1 heterocycles. The summed E-state index contributed by atoms with van der Waals surface area (Å²) in [6, 6.07) is 77.1. The smallest absolute Gasteiger partial charge is 0.0467 e. The van der Waals surface area contributed by atoms with Crippen molar-refractivity contribution in [3.05, 3.63) is 212 Å². The van der Waals surface area contributed by atoms with E-state index in [0.717, 1.165) is 17.1 Å². The summed E-state index contributed by atoms with van der Waals surface area (Å²) in [5.41, 5.74) is 13.0. The van der Waals surface area contributed by atoms with Gasteiger partial charge in [0.25, 0.3) is 0 Å². The zero-order valence-electron chi connectivity index (χ0n) is 29.6. The van der Waals surface area contributed by atoms with Crippen LogP contribution in [-0.4, -0.2) is 0 Å². The molecule has 0 bridgehead atoms. The van der Waals surface area contributed by atoms with Crippen LogP contribution in [0.3, 0.4) is 0 Å². The first-order chi connectivity index (χ1) is 26.7. The standard InChI is InChI=1S/C52H35NS/c1-2-12-36(13-3-1)40-16-8-17-41(32-40)42-18-9-20-46(34-42)53(47-21-10-19-43(35-47)44-27-26-37-14-4-5-15-39(37)33-44)45-30-28-38(29-31-45)48-23-11-24-50-49-22-6-7-25-51(49)54-52(48)50/h1-35H. The topological polar surface area (TPSA) is 3.24 Å². The molecule has 254 valence electrons. The van der Waals surface area contributed by atoms with Gasteiger partial charge in [-0.2, -0.15) is 0 Å². The Balaban J connectivity index is 1.09. The molecule has 0 atom stereocenters. The van der Waals surface area contributed by atoms with Crippen LogP contribution >= 0.6 is 11.3 Å². The maximum absolute atomic E-state index is 2.39. The van der Waals surface area contributed by atoms with E-state index in [1.165, 1.54) is 75.5 Å². The van der Waals surface area contributed by atoms with Crippen molar-refractivity contribution in [3.63, 3.8) is 0 Å². The molecule has 0 spiro atoms. The minimum absolute atomic E-state index is 1.10. The van der Waals surface area contributed by atoms with Crippen LogP contribution < -0.4 is 4.90 Å². The van der Waals surface area contributed by atoms with Crippen molar-refractivity contribution in [3.8, 4) is 44.5 Å². The van der Waals surface area contributed by atoms with Crippen LogP contribution in [0, 0.1) is 0 Å². The molecule has 2 heteroatoms. The molecule has 1 nitrogen and oxygen atoms in total. The monoisotopic (exact) mass is 705 g/mol. The molecule has 0 amide bonds. The first-order valence-electron chi connectivity index (χ1n) is 18.4. The minimum Gasteiger partial charge on any atom is -0.310 e. The Morgan fingerprint density at radius 2 is 0.833 bits per heavy atom. The molecule has 0 radical (unpaired) electrons. The van der Waals surface area contributed by atoms with Crippen molar-refractivity contribution in [2.24, 2.45) is 0 Å². The number of nitrogens with zero attached hydrogens (tertiary/aromatic N) is 1. The Bertz CT molecular complexity index is 2940. The van der Waals surface area contributed by atoms with Crippen molar-refractivity contribution in [2.75, 3.05) is 4.90 Å². The van der Waals surface area contributed by atoms with Gasteiger partial charge in [-0.1, -0.05) is 158 Å². The van der Waals surface area contributed by atoms with Crippen molar-refractivity contribution in [1.29, 1.82) is 0 Å². The Kier molecular flexibility index (Phi) is 8.09. The van der Waals surface area contributed by atoms with E-state index in [1.54, 1.807) is 0 Å². The fraction of sp³-hybridized carbons (Fsp3) is 0. The van der Waals surface area contributed by atoms with Crippen LogP contribution in [0.25, 0.3) is 75.5 Å². The molecule has 54 heavy (non-hydrogen) atoms. The van der Waals surface area contributed by atoms with E-state index in [2.05, 4.69) is 217 Å². The van der Waals surface area contributed by atoms with Gasteiger partial charge in [-0.25, -0.2) is 0 Å². The molecule has 0 saturated carbocycles. The fourth-order valence-corrected chi connectivity index (χ4v) is 8.98. The van der Waals surface area contributed by atoms with Crippen molar-refractivity contribution in [1.82, 2.24) is 0 Å². The fourth-order valence-electron chi connectivity index (χ4n) is 7.74. The average molecular weight is 706 g/mol. The second kappa shape index (κ2) is 13.7. The molecule has 10 aromatic rings. The van der Waals surface area contributed by atoms with Gasteiger partial charge in [-0.3, -0.25) is 0 Å². The van der Waals surface area contributed by atoms with Crippen LogP contribution in [-0.2, 0) is 0 Å². The number of anilines is 3. The lowest BCUT2D eigenvalue weighted by Gasteiger charge is -2.27. The van der Waals surface area contributed by atoms with Gasteiger partial charge in [0.15, 0.2) is 0 Å². The second-order valence-corrected chi connectivity index (χ2v) is 14.8. The first kappa shape index (κ1) is 32.0. The summed E-state index contributed by atoms with van der Waals surface area (Å²) in [4.78, 5) is 2.39. The zero-order valence-corrected chi connectivity index (χ0v) is 30.4. The van der Waals surface area contributed by atoms with E-state index in [0.29, 0.717) is 0 Å². The molecule has 0 saturated heterocycles. The van der Waals surface area contributed by atoms with Crippen molar-refractivity contribution < 1.29 is 0 Å². The van der Waals surface area contributed by atoms with Crippen molar-refractivity contribution >= 4 is 59.3 Å². The van der Waals surface area contributed by atoms with Crippen LogP contribution in [0.15, 0.2) is 212 Å². The summed E-state index contributed by atoms with van der Waals surface area (Å²) in [5, 5.41) is 5.13. The quantitative estimate of drug-likeness (QED) is 0.160. The molecular weight excluding hydrogens is 671 g/mol. The second-order valence-electron chi connectivity index (χ2n) is 13.8. The summed E-state index contributed by atoms with van der Waals surface area (Å²) in [7, 11) is 0. The zero-order chi connectivity index (χ0) is 35.8. The lowest BCUT2D eigenvalue weighted by molar-refractivity contribution is 1.28. The number of fused-ring (bicyclic) bond motifs is 4. The number of hydrogen-bond acceptors (Lipinski definition) is 2. The third-order valence-electron chi connectivity index (χ3n) is 10.4. The summed E-state index contributed by atoms with van der Waals surface area (Å²) < 4.78 is 2.65. The normalized spacial score (nSPS) is 11.3. The number of thiophene rings is 1. The van der Waals surface area contributed by atoms with Gasteiger partial charge in [0.05, 0.1) is 0 Å². The highest BCUT2D eigenvalue weighted by Gasteiger charge is 2.16. The third kappa shape index (κ3) is 5.93.